The van der Waals surface area contributed by atoms with Gasteiger partial charge < -0.3 is 10.6 Å². The second-order valence-corrected chi connectivity index (χ2v) is 8.93. The summed E-state index contributed by atoms with van der Waals surface area (Å²) < 4.78 is 26.4. The summed E-state index contributed by atoms with van der Waals surface area (Å²) in [7, 11) is -2.32. The first-order chi connectivity index (χ1) is 13.3. The molecule has 1 aliphatic carbocycles. The Labute approximate surface area is 164 Å². The van der Waals surface area contributed by atoms with E-state index in [2.05, 4.69) is 0 Å². The molecule has 1 saturated carbocycles. The zero-order valence-electron chi connectivity index (χ0n) is 15.6. The van der Waals surface area contributed by atoms with Gasteiger partial charge >= 0.3 is 0 Å². The lowest BCUT2D eigenvalue weighted by atomic mass is 10.1. The molecule has 1 aliphatic rings. The molecule has 0 saturated heterocycles. The van der Waals surface area contributed by atoms with E-state index in [1.165, 1.54) is 19.2 Å². The molecule has 28 heavy (non-hydrogen) atoms. The van der Waals surface area contributed by atoms with E-state index in [-0.39, 0.29) is 23.4 Å². The molecular formula is C20H23N3O4S. The van der Waals surface area contributed by atoms with Crippen LogP contribution in [0.4, 0.5) is 0 Å². The SMILES string of the molecule is CN(CC(=O)N(Cc1ccc(C(N)=O)cc1)C1CC1)S(=O)(=O)c1ccccc1. The molecule has 0 bridgehead atoms. The lowest BCUT2D eigenvalue weighted by molar-refractivity contribution is -0.132. The van der Waals surface area contributed by atoms with Crippen LogP contribution in [0.5, 0.6) is 0 Å². The fourth-order valence-corrected chi connectivity index (χ4v) is 4.06. The first-order valence-electron chi connectivity index (χ1n) is 8.98. The Kier molecular flexibility index (Phi) is 5.81. The van der Waals surface area contributed by atoms with Crippen LogP contribution in [0, 0.1) is 0 Å². The van der Waals surface area contributed by atoms with E-state index in [4.69, 9.17) is 5.73 Å². The first-order valence-corrected chi connectivity index (χ1v) is 10.4. The lowest BCUT2D eigenvalue weighted by Gasteiger charge is -2.25. The van der Waals surface area contributed by atoms with Gasteiger partial charge in [0.05, 0.1) is 11.4 Å². The molecule has 0 atom stereocenters. The van der Waals surface area contributed by atoms with Crippen molar-refractivity contribution >= 4 is 21.8 Å². The topological polar surface area (TPSA) is 101 Å². The molecule has 0 spiro atoms. The van der Waals surface area contributed by atoms with Crippen molar-refractivity contribution in [2.24, 2.45) is 5.73 Å². The fourth-order valence-electron chi connectivity index (χ4n) is 2.92. The van der Waals surface area contributed by atoms with Crippen LogP contribution in [-0.4, -0.2) is 49.1 Å². The minimum Gasteiger partial charge on any atom is -0.366 e. The third kappa shape index (κ3) is 4.58. The highest BCUT2D eigenvalue weighted by Crippen LogP contribution is 2.29. The van der Waals surface area contributed by atoms with E-state index in [9.17, 15) is 18.0 Å². The van der Waals surface area contributed by atoms with E-state index >= 15 is 0 Å². The number of hydrogen-bond donors (Lipinski definition) is 1. The van der Waals surface area contributed by atoms with E-state index in [1.807, 2.05) is 0 Å². The first kappa shape index (κ1) is 20.0. The van der Waals surface area contributed by atoms with Crippen molar-refractivity contribution in [1.29, 1.82) is 0 Å². The average Bonchev–Trinajstić information content (AvgIpc) is 3.52. The van der Waals surface area contributed by atoms with Gasteiger partial charge in [-0.25, -0.2) is 8.42 Å². The molecule has 2 aromatic carbocycles. The molecule has 0 aromatic heterocycles. The summed E-state index contributed by atoms with van der Waals surface area (Å²) in [5, 5.41) is 0. The van der Waals surface area contributed by atoms with E-state index in [0.29, 0.717) is 12.1 Å². The van der Waals surface area contributed by atoms with Crippen LogP contribution >= 0.6 is 0 Å². The predicted octanol–water partition coefficient (Wildman–Crippen LogP) is 1.60. The zero-order chi connectivity index (χ0) is 20.3. The van der Waals surface area contributed by atoms with Crippen molar-refractivity contribution in [2.45, 2.75) is 30.3 Å². The van der Waals surface area contributed by atoms with Crippen molar-refractivity contribution in [1.82, 2.24) is 9.21 Å². The highest BCUT2D eigenvalue weighted by atomic mass is 32.2. The van der Waals surface area contributed by atoms with Gasteiger partial charge in [0.25, 0.3) is 0 Å². The number of nitrogens with two attached hydrogens (primary N) is 1. The molecule has 2 aromatic rings. The number of hydrogen-bond acceptors (Lipinski definition) is 4. The number of carbonyl (C=O) groups is 2. The highest BCUT2D eigenvalue weighted by molar-refractivity contribution is 7.89. The Morgan fingerprint density at radius 3 is 2.18 bits per heavy atom. The molecule has 0 aliphatic heterocycles. The zero-order valence-corrected chi connectivity index (χ0v) is 16.4. The molecule has 0 radical (unpaired) electrons. The van der Waals surface area contributed by atoms with Gasteiger partial charge in [0.1, 0.15) is 0 Å². The Bertz CT molecular complexity index is 955. The lowest BCUT2D eigenvalue weighted by Crippen LogP contribution is -2.41. The van der Waals surface area contributed by atoms with Gasteiger partial charge in [-0.05, 0) is 42.7 Å². The highest BCUT2D eigenvalue weighted by Gasteiger charge is 2.34. The number of likely N-dealkylation sites (N-methyl/N-ethyl adjacent to an activating group) is 1. The van der Waals surface area contributed by atoms with E-state index in [1.54, 1.807) is 47.4 Å². The second kappa shape index (κ2) is 8.12. The van der Waals surface area contributed by atoms with Crippen molar-refractivity contribution in [3.63, 3.8) is 0 Å². The summed E-state index contributed by atoms with van der Waals surface area (Å²) in [5.74, 6) is -0.752. The summed E-state index contributed by atoms with van der Waals surface area (Å²) in [5.41, 5.74) is 6.51. The number of primary amides is 1. The minimum atomic E-state index is -3.73. The van der Waals surface area contributed by atoms with Crippen LogP contribution in [0.25, 0.3) is 0 Å². The summed E-state index contributed by atoms with van der Waals surface area (Å²) in [4.78, 5) is 25.9. The number of carbonyl (C=O) groups excluding carboxylic acids is 2. The van der Waals surface area contributed by atoms with Gasteiger partial charge in [-0.3, -0.25) is 9.59 Å². The van der Waals surface area contributed by atoms with Crippen LogP contribution in [0.2, 0.25) is 0 Å². The van der Waals surface area contributed by atoms with Crippen LogP contribution in [0.1, 0.15) is 28.8 Å². The second-order valence-electron chi connectivity index (χ2n) is 6.89. The molecule has 2 amide bonds. The number of benzene rings is 2. The maximum Gasteiger partial charge on any atom is 0.248 e. The Hall–Kier alpha value is -2.71. The third-order valence-electron chi connectivity index (χ3n) is 4.71. The third-order valence-corrected chi connectivity index (χ3v) is 6.53. The van der Waals surface area contributed by atoms with Crippen molar-refractivity contribution < 1.29 is 18.0 Å². The molecule has 148 valence electrons. The molecule has 1 fully saturated rings. The van der Waals surface area contributed by atoms with Gasteiger partial charge in [0.15, 0.2) is 0 Å². The maximum absolute atomic E-state index is 12.8. The number of nitrogens with zero attached hydrogens (tertiary/aromatic N) is 2. The monoisotopic (exact) mass is 401 g/mol. The molecule has 8 heteroatoms. The fraction of sp³-hybridized carbons (Fsp3) is 0.300. The van der Waals surface area contributed by atoms with Crippen LogP contribution < -0.4 is 5.73 Å². The minimum absolute atomic E-state index is 0.121. The summed E-state index contributed by atoms with van der Waals surface area (Å²) in [6.45, 7) is 0.134. The van der Waals surface area contributed by atoms with Gasteiger partial charge in [-0.15, -0.1) is 0 Å². The van der Waals surface area contributed by atoms with Crippen molar-refractivity contribution in [3.8, 4) is 0 Å². The van der Waals surface area contributed by atoms with Crippen LogP contribution in [0.15, 0.2) is 59.5 Å². The van der Waals surface area contributed by atoms with Gasteiger partial charge in [0.2, 0.25) is 21.8 Å². The largest absolute Gasteiger partial charge is 0.366 e. The van der Waals surface area contributed by atoms with Crippen molar-refractivity contribution in [3.05, 3.63) is 65.7 Å². The molecule has 7 nitrogen and oxygen atoms in total. The number of amides is 2. The van der Waals surface area contributed by atoms with E-state index in [0.717, 1.165) is 22.7 Å². The molecular weight excluding hydrogens is 378 g/mol. The molecule has 2 N–H and O–H groups in total. The van der Waals surface area contributed by atoms with Crippen LogP contribution in [-0.2, 0) is 21.4 Å². The van der Waals surface area contributed by atoms with Gasteiger partial charge in [-0.2, -0.15) is 4.31 Å². The Morgan fingerprint density at radius 1 is 1.04 bits per heavy atom. The summed E-state index contributed by atoms with van der Waals surface area (Å²) in [6, 6.07) is 14.9. The quantitative estimate of drug-likeness (QED) is 0.726. The standard InChI is InChI=1S/C20H23N3O4S/c1-22(28(26,27)18-5-3-2-4-6-18)14-19(24)23(17-11-12-17)13-15-7-9-16(10-8-15)20(21)25/h2-10,17H,11-14H2,1H3,(H2,21,25). The smallest absolute Gasteiger partial charge is 0.248 e. The predicted molar refractivity (Wildman–Crippen MR) is 105 cm³/mol. The van der Waals surface area contributed by atoms with Crippen molar-refractivity contribution in [2.75, 3.05) is 13.6 Å². The summed E-state index contributed by atoms with van der Waals surface area (Å²) in [6.07, 6.45) is 1.81. The van der Waals surface area contributed by atoms with Crippen LogP contribution in [0.3, 0.4) is 0 Å². The molecule has 0 heterocycles. The van der Waals surface area contributed by atoms with Gasteiger partial charge in [0, 0.05) is 25.2 Å². The number of rotatable bonds is 8. The van der Waals surface area contributed by atoms with Gasteiger partial charge in [-0.1, -0.05) is 30.3 Å². The average molecular weight is 401 g/mol. The maximum atomic E-state index is 12.8. The number of sulfonamides is 1. The Balaban J connectivity index is 1.70. The Morgan fingerprint density at radius 2 is 1.64 bits per heavy atom. The normalized spacial score (nSPS) is 14.1. The molecule has 0 unspecified atom stereocenters. The molecule has 3 rings (SSSR count). The summed E-state index contributed by atoms with van der Waals surface area (Å²) >= 11 is 0. The van der Waals surface area contributed by atoms with E-state index < -0.39 is 15.9 Å².